The third-order valence-corrected chi connectivity index (χ3v) is 2.90. The lowest BCUT2D eigenvalue weighted by atomic mass is 10.2. The summed E-state index contributed by atoms with van der Waals surface area (Å²) in [6.45, 7) is 0. The summed E-state index contributed by atoms with van der Waals surface area (Å²) in [5.41, 5.74) is -2.75. The largest absolute Gasteiger partial charge is 0.478 e. The molecule has 13 nitrogen and oxygen atoms in total. The molecule has 14 heteroatoms. The number of H-pyrrole nitrogens is 1. The van der Waals surface area contributed by atoms with Gasteiger partial charge in [-0.25, -0.2) is 14.6 Å². The molecule has 0 bridgehead atoms. The molecule has 0 amide bonds. The standard InChI is InChI=1S/C6H3ClN2O4.C6H4N2O5/c7-5-4(6(10)11)1-3(2-8-5)9(12)13;9-5-4(6(10)11)1-3(2-7-5)8(12)13/h1-2H,(H,10,11);1-2H,(H,7,9)(H,10,11). The summed E-state index contributed by atoms with van der Waals surface area (Å²) in [5.74, 6) is -2.84. The maximum Gasteiger partial charge on any atom is 0.341 e. The van der Waals surface area contributed by atoms with Gasteiger partial charge >= 0.3 is 11.9 Å². The predicted octanol–water partition coefficient (Wildman–Crippen LogP) is 1.32. The molecule has 0 radical (unpaired) electrons. The minimum atomic E-state index is -1.50. The summed E-state index contributed by atoms with van der Waals surface area (Å²) in [4.78, 5) is 55.8. The number of pyridine rings is 2. The number of nitro groups is 2. The van der Waals surface area contributed by atoms with Gasteiger partial charge < -0.3 is 15.2 Å². The van der Waals surface area contributed by atoms with Gasteiger partial charge in [0.25, 0.3) is 16.9 Å². The maximum absolute atomic E-state index is 10.8. The first kappa shape index (κ1) is 20.2. The van der Waals surface area contributed by atoms with Crippen LogP contribution in [0.4, 0.5) is 11.4 Å². The van der Waals surface area contributed by atoms with Gasteiger partial charge in [0.05, 0.1) is 16.0 Å². The Morgan fingerprint density at radius 3 is 2.00 bits per heavy atom. The summed E-state index contributed by atoms with van der Waals surface area (Å²) >= 11 is 5.38. The van der Waals surface area contributed by atoms with Crippen LogP contribution in [0.5, 0.6) is 0 Å². The van der Waals surface area contributed by atoms with E-state index in [1.165, 1.54) is 0 Å². The number of aromatic amines is 1. The number of carboxylic acid groups (broad SMARTS) is 2. The van der Waals surface area contributed by atoms with E-state index in [9.17, 15) is 34.6 Å². The van der Waals surface area contributed by atoms with Crippen LogP contribution < -0.4 is 5.56 Å². The van der Waals surface area contributed by atoms with Gasteiger partial charge in [-0.3, -0.25) is 25.0 Å². The zero-order valence-corrected chi connectivity index (χ0v) is 13.0. The van der Waals surface area contributed by atoms with E-state index in [0.29, 0.717) is 6.07 Å². The number of aromatic carboxylic acids is 2. The Hall–Kier alpha value is -3.87. The Morgan fingerprint density at radius 1 is 1.04 bits per heavy atom. The van der Waals surface area contributed by atoms with Crippen molar-refractivity contribution in [1.82, 2.24) is 9.97 Å². The minimum absolute atomic E-state index is 0.266. The summed E-state index contributed by atoms with van der Waals surface area (Å²) in [5, 5.41) is 37.1. The van der Waals surface area contributed by atoms with Crippen LogP contribution in [-0.2, 0) is 0 Å². The number of rotatable bonds is 4. The van der Waals surface area contributed by atoms with Crippen molar-refractivity contribution in [3.05, 3.63) is 71.4 Å². The van der Waals surface area contributed by atoms with Crippen molar-refractivity contribution < 1.29 is 29.6 Å². The molecule has 2 heterocycles. The van der Waals surface area contributed by atoms with Gasteiger partial charge in [-0.2, -0.15) is 0 Å². The van der Waals surface area contributed by atoms with Crippen molar-refractivity contribution in [2.24, 2.45) is 0 Å². The van der Waals surface area contributed by atoms with E-state index in [4.69, 9.17) is 21.8 Å². The number of nitrogens with zero attached hydrogens (tertiary/aromatic N) is 3. The molecule has 2 aromatic heterocycles. The van der Waals surface area contributed by atoms with Crippen LogP contribution in [0.25, 0.3) is 0 Å². The molecule has 136 valence electrons. The molecular formula is C12H7ClN4O9. The molecule has 0 fully saturated rings. The van der Waals surface area contributed by atoms with Crippen LogP contribution >= 0.6 is 11.6 Å². The third kappa shape index (κ3) is 5.07. The summed E-state index contributed by atoms with van der Waals surface area (Å²) in [7, 11) is 0. The molecule has 0 saturated carbocycles. The molecule has 3 N–H and O–H groups in total. The molecule has 0 aliphatic rings. The predicted molar refractivity (Wildman–Crippen MR) is 83.5 cm³/mol. The van der Waals surface area contributed by atoms with Crippen LogP contribution in [-0.4, -0.2) is 42.0 Å². The monoisotopic (exact) mass is 386 g/mol. The van der Waals surface area contributed by atoms with Gasteiger partial charge in [0, 0.05) is 12.1 Å². The van der Waals surface area contributed by atoms with Crippen LogP contribution in [0.1, 0.15) is 20.7 Å². The second kappa shape index (κ2) is 8.29. The van der Waals surface area contributed by atoms with E-state index >= 15 is 0 Å². The third-order valence-electron chi connectivity index (χ3n) is 2.60. The van der Waals surface area contributed by atoms with Crippen molar-refractivity contribution in [2.45, 2.75) is 0 Å². The topological polar surface area (TPSA) is 207 Å². The van der Waals surface area contributed by atoms with Crippen molar-refractivity contribution in [2.75, 3.05) is 0 Å². The Bertz CT molecular complexity index is 956. The minimum Gasteiger partial charge on any atom is -0.478 e. The second-order valence-electron chi connectivity index (χ2n) is 4.26. The molecule has 0 aromatic carbocycles. The van der Waals surface area contributed by atoms with Gasteiger partial charge in [0.15, 0.2) is 0 Å². The van der Waals surface area contributed by atoms with Gasteiger partial charge in [-0.1, -0.05) is 11.6 Å². The molecule has 26 heavy (non-hydrogen) atoms. The number of carboxylic acids is 2. The highest BCUT2D eigenvalue weighted by atomic mass is 35.5. The summed E-state index contributed by atoms with van der Waals surface area (Å²) in [6, 6.07) is 1.57. The zero-order valence-electron chi connectivity index (χ0n) is 12.3. The molecule has 0 saturated heterocycles. The summed E-state index contributed by atoms with van der Waals surface area (Å²) < 4.78 is 0. The molecule has 2 aromatic rings. The van der Waals surface area contributed by atoms with Crippen molar-refractivity contribution in [3.8, 4) is 0 Å². The molecule has 0 unspecified atom stereocenters. The van der Waals surface area contributed by atoms with Crippen LogP contribution in [0.2, 0.25) is 5.15 Å². The molecule has 0 aliphatic heterocycles. The lowest BCUT2D eigenvalue weighted by molar-refractivity contribution is -0.385. The lowest BCUT2D eigenvalue weighted by Crippen LogP contribution is -2.17. The highest BCUT2D eigenvalue weighted by Crippen LogP contribution is 2.18. The Morgan fingerprint density at radius 2 is 1.54 bits per heavy atom. The normalized spacial score (nSPS) is 9.58. The molecule has 2 rings (SSSR count). The zero-order chi connectivity index (χ0) is 20.0. The average Bonchev–Trinajstić information content (AvgIpc) is 2.55. The van der Waals surface area contributed by atoms with Gasteiger partial charge in [-0.15, -0.1) is 0 Å². The van der Waals surface area contributed by atoms with E-state index in [1.54, 1.807) is 0 Å². The van der Waals surface area contributed by atoms with Crippen molar-refractivity contribution in [1.29, 1.82) is 0 Å². The smallest absolute Gasteiger partial charge is 0.341 e. The SMILES string of the molecule is O=C(O)c1cc([N+](=O)[O-])c[nH]c1=O.O=C(O)c1cc([N+](=O)[O-])cnc1Cl. The number of halogens is 1. The molecule has 0 atom stereocenters. The van der Waals surface area contributed by atoms with Gasteiger partial charge in [0.1, 0.15) is 22.5 Å². The fraction of sp³-hybridized carbons (Fsp3) is 0. The number of hydrogen-bond donors (Lipinski definition) is 3. The summed E-state index contributed by atoms with van der Waals surface area (Å²) in [6.07, 6.45) is 1.74. The average molecular weight is 387 g/mol. The number of carbonyl (C=O) groups is 2. The van der Waals surface area contributed by atoms with E-state index < -0.39 is 44.3 Å². The number of nitrogens with one attached hydrogen (secondary N) is 1. The number of aromatic nitrogens is 2. The lowest BCUT2D eigenvalue weighted by Gasteiger charge is -1.96. The van der Waals surface area contributed by atoms with Crippen LogP contribution in [0, 0.1) is 20.2 Å². The van der Waals surface area contributed by atoms with E-state index in [1.807, 2.05) is 4.98 Å². The molecular weight excluding hydrogens is 380 g/mol. The van der Waals surface area contributed by atoms with Crippen LogP contribution in [0.15, 0.2) is 29.3 Å². The molecule has 0 spiro atoms. The van der Waals surface area contributed by atoms with Crippen molar-refractivity contribution in [3.63, 3.8) is 0 Å². The van der Waals surface area contributed by atoms with E-state index in [-0.39, 0.29) is 10.7 Å². The first-order valence-corrected chi connectivity index (χ1v) is 6.56. The van der Waals surface area contributed by atoms with Crippen LogP contribution in [0.3, 0.4) is 0 Å². The highest BCUT2D eigenvalue weighted by Gasteiger charge is 2.16. The molecule has 0 aliphatic carbocycles. The quantitative estimate of drug-likeness (QED) is 0.389. The first-order chi connectivity index (χ1) is 12.0. The van der Waals surface area contributed by atoms with Gasteiger partial charge in [0.2, 0.25) is 0 Å². The first-order valence-electron chi connectivity index (χ1n) is 6.18. The Kier molecular flexibility index (Phi) is 6.44. The fourth-order valence-corrected chi connectivity index (χ4v) is 1.61. The number of hydrogen-bond acceptors (Lipinski definition) is 8. The Balaban J connectivity index is 0.000000260. The maximum atomic E-state index is 10.8. The van der Waals surface area contributed by atoms with E-state index in [0.717, 1.165) is 18.5 Å². The van der Waals surface area contributed by atoms with Crippen molar-refractivity contribution >= 4 is 34.9 Å². The van der Waals surface area contributed by atoms with E-state index in [2.05, 4.69) is 4.98 Å². The van der Waals surface area contributed by atoms with Gasteiger partial charge in [-0.05, 0) is 0 Å². The second-order valence-corrected chi connectivity index (χ2v) is 4.62. The Labute approximate surface area is 146 Å². The highest BCUT2D eigenvalue weighted by molar-refractivity contribution is 6.32. The fourth-order valence-electron chi connectivity index (χ4n) is 1.42.